The standard InChI is InChI=1S/C13H14ClNS/c1-8-4-3-5-9(2)12(8)13(15)10-6-7-11(14)16-10/h3-7,13H,15H2,1-2H3. The van der Waals surface area contributed by atoms with Gasteiger partial charge in [0.1, 0.15) is 0 Å². The van der Waals surface area contributed by atoms with Crippen LogP contribution in [0.1, 0.15) is 27.6 Å². The molecule has 0 saturated carbocycles. The van der Waals surface area contributed by atoms with Crippen molar-refractivity contribution >= 4 is 22.9 Å². The van der Waals surface area contributed by atoms with Gasteiger partial charge < -0.3 is 5.73 Å². The van der Waals surface area contributed by atoms with Gasteiger partial charge >= 0.3 is 0 Å². The first-order valence-electron chi connectivity index (χ1n) is 5.16. The van der Waals surface area contributed by atoms with Crippen LogP contribution >= 0.6 is 22.9 Å². The molecule has 84 valence electrons. The lowest BCUT2D eigenvalue weighted by atomic mass is 9.96. The van der Waals surface area contributed by atoms with E-state index in [2.05, 4.69) is 32.0 Å². The normalized spacial score (nSPS) is 12.8. The van der Waals surface area contributed by atoms with Gasteiger partial charge in [0.05, 0.1) is 10.4 Å². The second-order valence-corrected chi connectivity index (χ2v) is 5.67. The molecule has 2 N–H and O–H groups in total. The van der Waals surface area contributed by atoms with Crippen LogP contribution in [0.4, 0.5) is 0 Å². The molecule has 1 aromatic heterocycles. The summed E-state index contributed by atoms with van der Waals surface area (Å²) in [6.07, 6.45) is 0. The lowest BCUT2D eigenvalue weighted by molar-refractivity contribution is 0.871. The van der Waals surface area contributed by atoms with Crippen LogP contribution in [0.15, 0.2) is 30.3 Å². The molecule has 2 rings (SSSR count). The average Bonchev–Trinajstić information content (AvgIpc) is 2.64. The number of halogens is 1. The Kier molecular flexibility index (Phi) is 3.33. The van der Waals surface area contributed by atoms with Gasteiger partial charge in [0.15, 0.2) is 0 Å². The molecule has 3 heteroatoms. The van der Waals surface area contributed by atoms with Crippen molar-refractivity contribution in [2.24, 2.45) is 5.73 Å². The van der Waals surface area contributed by atoms with Crippen molar-refractivity contribution in [3.05, 3.63) is 56.2 Å². The highest BCUT2D eigenvalue weighted by Gasteiger charge is 2.15. The van der Waals surface area contributed by atoms with Gasteiger partial charge in [0.2, 0.25) is 0 Å². The van der Waals surface area contributed by atoms with E-state index in [1.54, 1.807) is 11.3 Å². The van der Waals surface area contributed by atoms with Crippen molar-refractivity contribution in [2.75, 3.05) is 0 Å². The molecule has 0 spiro atoms. The molecule has 0 bridgehead atoms. The third kappa shape index (κ3) is 2.14. The third-order valence-electron chi connectivity index (χ3n) is 2.75. The largest absolute Gasteiger partial charge is 0.320 e. The Bertz CT molecular complexity index is 484. The minimum atomic E-state index is -0.0706. The number of rotatable bonds is 2. The zero-order chi connectivity index (χ0) is 11.7. The minimum Gasteiger partial charge on any atom is -0.320 e. The monoisotopic (exact) mass is 251 g/mol. The number of thiophene rings is 1. The van der Waals surface area contributed by atoms with Gasteiger partial charge in [-0.1, -0.05) is 29.8 Å². The lowest BCUT2D eigenvalue weighted by Gasteiger charge is -2.16. The van der Waals surface area contributed by atoms with Crippen LogP contribution in [-0.2, 0) is 0 Å². The lowest BCUT2D eigenvalue weighted by Crippen LogP contribution is -2.13. The van der Waals surface area contributed by atoms with Crippen molar-refractivity contribution in [3.63, 3.8) is 0 Å². The Balaban J connectivity index is 2.45. The van der Waals surface area contributed by atoms with Gasteiger partial charge in [-0.05, 0) is 42.7 Å². The molecular formula is C13H14ClNS. The van der Waals surface area contributed by atoms with Gasteiger partial charge in [-0.2, -0.15) is 0 Å². The Labute approximate surface area is 105 Å². The van der Waals surface area contributed by atoms with E-state index in [1.165, 1.54) is 16.7 Å². The summed E-state index contributed by atoms with van der Waals surface area (Å²) >= 11 is 7.48. The summed E-state index contributed by atoms with van der Waals surface area (Å²) in [6, 6.07) is 10.1. The predicted molar refractivity (Wildman–Crippen MR) is 71.3 cm³/mol. The first-order valence-corrected chi connectivity index (χ1v) is 6.36. The summed E-state index contributed by atoms with van der Waals surface area (Å²) in [7, 11) is 0. The molecule has 0 saturated heterocycles. The van der Waals surface area contributed by atoms with Crippen LogP contribution in [0, 0.1) is 13.8 Å². The molecule has 2 aromatic rings. The quantitative estimate of drug-likeness (QED) is 0.856. The van der Waals surface area contributed by atoms with Crippen LogP contribution in [-0.4, -0.2) is 0 Å². The fourth-order valence-electron chi connectivity index (χ4n) is 1.96. The van der Waals surface area contributed by atoms with E-state index in [9.17, 15) is 0 Å². The Hall–Kier alpha value is -0.830. The summed E-state index contributed by atoms with van der Waals surface area (Å²) in [5.41, 5.74) is 9.96. The second-order valence-electron chi connectivity index (χ2n) is 3.93. The van der Waals surface area contributed by atoms with Crippen LogP contribution < -0.4 is 5.73 Å². The molecule has 0 aliphatic heterocycles. The fourth-order valence-corrected chi connectivity index (χ4v) is 3.03. The molecule has 1 atom stereocenters. The Morgan fingerprint density at radius 2 is 1.75 bits per heavy atom. The fraction of sp³-hybridized carbons (Fsp3) is 0.231. The predicted octanol–water partition coefficient (Wildman–Crippen LogP) is 4.07. The van der Waals surface area contributed by atoms with Crippen molar-refractivity contribution in [3.8, 4) is 0 Å². The zero-order valence-electron chi connectivity index (χ0n) is 9.33. The topological polar surface area (TPSA) is 26.0 Å². The van der Waals surface area contributed by atoms with E-state index in [-0.39, 0.29) is 6.04 Å². The number of hydrogen-bond acceptors (Lipinski definition) is 2. The molecular weight excluding hydrogens is 238 g/mol. The maximum absolute atomic E-state index is 6.28. The van der Waals surface area contributed by atoms with E-state index in [1.807, 2.05) is 12.1 Å². The highest BCUT2D eigenvalue weighted by molar-refractivity contribution is 7.16. The molecule has 16 heavy (non-hydrogen) atoms. The number of hydrogen-bond donors (Lipinski definition) is 1. The first-order chi connectivity index (χ1) is 7.59. The summed E-state index contributed by atoms with van der Waals surface area (Å²) in [5, 5.41) is 0. The van der Waals surface area contributed by atoms with Crippen LogP contribution in [0.2, 0.25) is 4.34 Å². The molecule has 1 nitrogen and oxygen atoms in total. The summed E-state index contributed by atoms with van der Waals surface area (Å²) in [4.78, 5) is 1.11. The highest BCUT2D eigenvalue weighted by atomic mass is 35.5. The summed E-state index contributed by atoms with van der Waals surface area (Å²) in [5.74, 6) is 0. The van der Waals surface area contributed by atoms with E-state index < -0.39 is 0 Å². The number of aryl methyl sites for hydroxylation is 2. The van der Waals surface area contributed by atoms with E-state index in [0.717, 1.165) is 9.21 Å². The zero-order valence-corrected chi connectivity index (χ0v) is 10.9. The molecule has 0 amide bonds. The molecule has 1 unspecified atom stereocenters. The summed E-state index contributed by atoms with van der Waals surface area (Å²) < 4.78 is 0.789. The van der Waals surface area contributed by atoms with Crippen molar-refractivity contribution in [1.82, 2.24) is 0 Å². The molecule has 1 aromatic carbocycles. The van der Waals surface area contributed by atoms with Gasteiger partial charge in [-0.25, -0.2) is 0 Å². The maximum atomic E-state index is 6.28. The van der Waals surface area contributed by atoms with Crippen LogP contribution in [0.3, 0.4) is 0 Å². The van der Waals surface area contributed by atoms with Gasteiger partial charge in [-0.15, -0.1) is 11.3 Å². The number of benzene rings is 1. The van der Waals surface area contributed by atoms with Crippen LogP contribution in [0.5, 0.6) is 0 Å². The van der Waals surface area contributed by atoms with Crippen molar-refractivity contribution in [2.45, 2.75) is 19.9 Å². The molecule has 0 aliphatic rings. The third-order valence-corrected chi connectivity index (χ3v) is 4.07. The van der Waals surface area contributed by atoms with Gasteiger partial charge in [0, 0.05) is 4.88 Å². The SMILES string of the molecule is Cc1cccc(C)c1C(N)c1ccc(Cl)s1. The van der Waals surface area contributed by atoms with Gasteiger partial charge in [-0.3, -0.25) is 0 Å². The van der Waals surface area contributed by atoms with E-state index in [0.29, 0.717) is 0 Å². The van der Waals surface area contributed by atoms with Crippen molar-refractivity contribution < 1.29 is 0 Å². The first kappa shape index (κ1) is 11.6. The molecule has 0 fully saturated rings. The molecule has 0 aliphatic carbocycles. The Morgan fingerprint density at radius 3 is 2.25 bits per heavy atom. The van der Waals surface area contributed by atoms with E-state index >= 15 is 0 Å². The second kappa shape index (κ2) is 4.58. The summed E-state index contributed by atoms with van der Waals surface area (Å²) in [6.45, 7) is 4.19. The molecule has 1 heterocycles. The van der Waals surface area contributed by atoms with E-state index in [4.69, 9.17) is 17.3 Å². The highest BCUT2D eigenvalue weighted by Crippen LogP contribution is 2.32. The van der Waals surface area contributed by atoms with Crippen LogP contribution in [0.25, 0.3) is 0 Å². The minimum absolute atomic E-state index is 0.0706. The van der Waals surface area contributed by atoms with Crippen molar-refractivity contribution in [1.29, 1.82) is 0 Å². The smallest absolute Gasteiger partial charge is 0.0931 e. The van der Waals surface area contributed by atoms with Gasteiger partial charge in [0.25, 0.3) is 0 Å². The molecule has 0 radical (unpaired) electrons. The Morgan fingerprint density at radius 1 is 1.12 bits per heavy atom. The maximum Gasteiger partial charge on any atom is 0.0931 e. The number of nitrogens with two attached hydrogens (primary N) is 1. The average molecular weight is 252 g/mol.